The third kappa shape index (κ3) is 5.92. The van der Waals surface area contributed by atoms with Gasteiger partial charge in [0, 0.05) is 14.4 Å². The highest BCUT2D eigenvalue weighted by molar-refractivity contribution is 9.11. The Labute approximate surface area is 257 Å². The van der Waals surface area contributed by atoms with Crippen LogP contribution < -0.4 is 9.47 Å². The van der Waals surface area contributed by atoms with Crippen molar-refractivity contribution in [2.45, 2.75) is 36.0 Å². The summed E-state index contributed by atoms with van der Waals surface area (Å²) in [4.78, 5) is 0.379. The Balaban J connectivity index is 1.60. The second-order valence-electron chi connectivity index (χ2n) is 9.21. The minimum absolute atomic E-state index is 0.181. The van der Waals surface area contributed by atoms with Crippen molar-refractivity contribution in [1.29, 1.82) is 0 Å². The van der Waals surface area contributed by atoms with Gasteiger partial charge in [0.15, 0.2) is 5.75 Å². The van der Waals surface area contributed by atoms with E-state index >= 15 is 0 Å². The lowest BCUT2D eigenvalue weighted by Gasteiger charge is -2.28. The molecular formula is C29H24Br4O4S. The van der Waals surface area contributed by atoms with Crippen LogP contribution in [0.1, 0.15) is 30.5 Å². The fourth-order valence-electron chi connectivity index (χ4n) is 3.89. The molecular weight excluding hydrogens is 764 g/mol. The molecule has 198 valence electrons. The van der Waals surface area contributed by atoms with Crippen LogP contribution >= 0.6 is 63.7 Å². The summed E-state index contributed by atoms with van der Waals surface area (Å²) in [5, 5.41) is 0. The lowest BCUT2D eigenvalue weighted by Crippen LogP contribution is -2.19. The summed E-state index contributed by atoms with van der Waals surface area (Å²) in [5.74, 6) is 1.71. The molecule has 0 unspecified atom stereocenters. The van der Waals surface area contributed by atoms with Gasteiger partial charge in [-0.3, -0.25) is 0 Å². The molecule has 0 aliphatic carbocycles. The Hall–Kier alpha value is -1.65. The van der Waals surface area contributed by atoms with Gasteiger partial charge in [0.1, 0.15) is 11.5 Å². The maximum Gasteiger partial charge on any atom is 0.206 e. The summed E-state index contributed by atoms with van der Waals surface area (Å²) in [7, 11) is -2.13. The van der Waals surface area contributed by atoms with Crippen molar-refractivity contribution in [2.24, 2.45) is 0 Å². The van der Waals surface area contributed by atoms with Crippen LogP contribution in [0.2, 0.25) is 0 Å². The molecule has 0 aliphatic heterocycles. The number of hydrogen-bond donors (Lipinski definition) is 0. The van der Waals surface area contributed by atoms with Crippen molar-refractivity contribution in [3.63, 3.8) is 0 Å². The fourth-order valence-corrected chi connectivity index (χ4v) is 7.68. The number of halogens is 4. The first-order valence-corrected chi connectivity index (χ1v) is 16.1. The van der Waals surface area contributed by atoms with Crippen LogP contribution in [0.4, 0.5) is 0 Å². The molecule has 4 rings (SSSR count). The predicted molar refractivity (Wildman–Crippen MR) is 166 cm³/mol. The van der Waals surface area contributed by atoms with E-state index in [1.165, 1.54) is 19.2 Å². The van der Waals surface area contributed by atoms with Gasteiger partial charge >= 0.3 is 0 Å². The lowest BCUT2D eigenvalue weighted by atomic mass is 9.78. The number of hydrogen-bond acceptors (Lipinski definition) is 4. The summed E-state index contributed by atoms with van der Waals surface area (Å²) in [6.07, 6.45) is 0. The molecule has 9 heteroatoms. The van der Waals surface area contributed by atoms with Crippen LogP contribution in [0.25, 0.3) is 0 Å². The van der Waals surface area contributed by atoms with Gasteiger partial charge in [-0.2, -0.15) is 0 Å². The zero-order valence-electron chi connectivity index (χ0n) is 21.0. The van der Waals surface area contributed by atoms with Crippen LogP contribution in [0.5, 0.6) is 17.2 Å². The zero-order chi connectivity index (χ0) is 27.8. The highest BCUT2D eigenvalue weighted by atomic mass is 79.9. The van der Waals surface area contributed by atoms with Crippen molar-refractivity contribution < 1.29 is 17.9 Å². The Morgan fingerprint density at radius 1 is 0.658 bits per heavy atom. The van der Waals surface area contributed by atoms with Crippen LogP contribution in [-0.2, 0) is 15.3 Å². The third-order valence-corrected chi connectivity index (χ3v) is 11.1. The standard InChI is InChI=1S/C29H24Br4O4S/c1-17-24(30)13-18(14-25(17)31)29(2,3)19-15-26(32)28(27(33)16-19)37-21-7-11-23(12-8-21)38(34,35)22-9-5-20(36-4)6-10-22/h5-16H,1-4H3. The normalized spacial score (nSPS) is 11.9. The summed E-state index contributed by atoms with van der Waals surface area (Å²) in [5.41, 5.74) is 3.10. The van der Waals surface area contributed by atoms with Crippen molar-refractivity contribution in [2.75, 3.05) is 7.11 Å². The SMILES string of the molecule is COc1ccc(S(=O)(=O)c2ccc(Oc3c(Br)cc(C(C)(C)c4cc(Br)c(C)c(Br)c4)cc3Br)cc2)cc1. The minimum Gasteiger partial charge on any atom is -0.497 e. The monoisotopic (exact) mass is 784 g/mol. The second-order valence-corrected chi connectivity index (χ2v) is 14.6. The van der Waals surface area contributed by atoms with E-state index in [1.807, 2.05) is 12.1 Å². The molecule has 0 heterocycles. The largest absolute Gasteiger partial charge is 0.497 e. The molecule has 38 heavy (non-hydrogen) atoms. The van der Waals surface area contributed by atoms with Gasteiger partial charge in [0.05, 0.1) is 25.8 Å². The molecule has 0 saturated carbocycles. The van der Waals surface area contributed by atoms with E-state index in [-0.39, 0.29) is 15.2 Å². The third-order valence-electron chi connectivity index (χ3n) is 6.45. The average molecular weight is 788 g/mol. The number of rotatable bonds is 7. The van der Waals surface area contributed by atoms with E-state index in [0.717, 1.165) is 34.6 Å². The van der Waals surface area contributed by atoms with Gasteiger partial charge in [0.25, 0.3) is 0 Å². The first-order valence-electron chi connectivity index (χ1n) is 11.5. The molecule has 0 aromatic heterocycles. The Kier molecular flexibility index (Phi) is 8.84. The molecule has 0 saturated heterocycles. The van der Waals surface area contributed by atoms with E-state index in [4.69, 9.17) is 9.47 Å². The van der Waals surface area contributed by atoms with Gasteiger partial charge in [-0.05, 0) is 128 Å². The Morgan fingerprint density at radius 2 is 1.05 bits per heavy atom. The first-order chi connectivity index (χ1) is 17.8. The summed E-state index contributed by atoms with van der Waals surface area (Å²) in [6, 6.07) is 21.1. The van der Waals surface area contributed by atoms with Crippen molar-refractivity contribution >= 4 is 73.6 Å². The Bertz CT molecular complexity index is 1550. The molecule has 0 aliphatic rings. The van der Waals surface area contributed by atoms with Crippen LogP contribution in [0.3, 0.4) is 0 Å². The van der Waals surface area contributed by atoms with E-state index in [2.05, 4.69) is 96.6 Å². The molecule has 0 radical (unpaired) electrons. The van der Waals surface area contributed by atoms with Gasteiger partial charge in [-0.15, -0.1) is 0 Å². The Morgan fingerprint density at radius 3 is 1.47 bits per heavy atom. The molecule has 0 atom stereocenters. The fraction of sp³-hybridized carbons (Fsp3) is 0.172. The minimum atomic E-state index is -3.66. The van der Waals surface area contributed by atoms with E-state index < -0.39 is 9.84 Å². The molecule has 4 aromatic rings. The zero-order valence-corrected chi connectivity index (χ0v) is 28.1. The summed E-state index contributed by atoms with van der Waals surface area (Å²) >= 11 is 14.7. The smallest absolute Gasteiger partial charge is 0.206 e. The quantitative estimate of drug-likeness (QED) is 0.187. The van der Waals surface area contributed by atoms with Crippen molar-refractivity contribution in [3.05, 3.63) is 107 Å². The number of benzene rings is 4. The summed E-state index contributed by atoms with van der Waals surface area (Å²) in [6.45, 7) is 6.41. The topological polar surface area (TPSA) is 52.6 Å². The maximum atomic E-state index is 13.0. The van der Waals surface area contributed by atoms with Crippen LogP contribution in [0, 0.1) is 6.92 Å². The maximum absolute atomic E-state index is 13.0. The van der Waals surface area contributed by atoms with E-state index in [1.54, 1.807) is 36.4 Å². The van der Waals surface area contributed by atoms with E-state index in [0.29, 0.717) is 17.2 Å². The lowest BCUT2D eigenvalue weighted by molar-refractivity contribution is 0.414. The highest BCUT2D eigenvalue weighted by Crippen LogP contribution is 2.43. The van der Waals surface area contributed by atoms with Crippen molar-refractivity contribution in [1.82, 2.24) is 0 Å². The highest BCUT2D eigenvalue weighted by Gasteiger charge is 2.27. The molecule has 0 bridgehead atoms. The van der Waals surface area contributed by atoms with Gasteiger partial charge in [0.2, 0.25) is 9.84 Å². The van der Waals surface area contributed by atoms with Crippen molar-refractivity contribution in [3.8, 4) is 17.2 Å². The second kappa shape index (κ2) is 11.5. The molecule has 0 N–H and O–H groups in total. The molecule has 0 amide bonds. The van der Waals surface area contributed by atoms with Gasteiger partial charge in [-0.1, -0.05) is 45.7 Å². The predicted octanol–water partition coefficient (Wildman–Crippen LogP) is 10.0. The molecule has 0 fully saturated rings. The van der Waals surface area contributed by atoms with Gasteiger partial charge in [-0.25, -0.2) is 8.42 Å². The molecule has 4 nitrogen and oxygen atoms in total. The van der Waals surface area contributed by atoms with Crippen LogP contribution in [0.15, 0.2) is 100 Å². The number of methoxy groups -OCH3 is 1. The number of sulfone groups is 1. The van der Waals surface area contributed by atoms with Gasteiger partial charge < -0.3 is 9.47 Å². The molecule has 0 spiro atoms. The van der Waals surface area contributed by atoms with Crippen LogP contribution in [-0.4, -0.2) is 15.5 Å². The molecule has 4 aromatic carbocycles. The van der Waals surface area contributed by atoms with E-state index in [9.17, 15) is 8.42 Å². The first kappa shape index (κ1) is 29.3. The average Bonchev–Trinajstić information content (AvgIpc) is 2.89. The number of ether oxygens (including phenoxy) is 2. The summed E-state index contributed by atoms with van der Waals surface area (Å²) < 4.78 is 40.9.